The van der Waals surface area contributed by atoms with Crippen molar-refractivity contribution in [1.82, 2.24) is 20.0 Å². The Morgan fingerprint density at radius 2 is 1.89 bits per heavy atom. The van der Waals surface area contributed by atoms with Crippen LogP contribution in [-0.4, -0.2) is 40.9 Å². The van der Waals surface area contributed by atoms with Crippen LogP contribution >= 0.6 is 0 Å². The summed E-state index contributed by atoms with van der Waals surface area (Å²) in [5.74, 6) is 0. The summed E-state index contributed by atoms with van der Waals surface area (Å²) in [5, 5.41) is 8.15. The number of hydrogen-bond donors (Lipinski definition) is 1. The van der Waals surface area contributed by atoms with Crippen LogP contribution in [0, 0.1) is 13.8 Å². The monoisotopic (exact) mass is 264 g/mol. The molecule has 1 N–H and O–H groups in total. The standard InChI is InChI=1S/C15H28N4/c1-12-14(13(2)19(5)17-12)10-16-11-15(18(3)4)8-6-7-9-15/h16H,6-11H2,1-5H3. The molecule has 1 heterocycles. The highest BCUT2D eigenvalue weighted by atomic mass is 15.3. The van der Waals surface area contributed by atoms with Crippen molar-refractivity contribution in [2.75, 3.05) is 20.6 Å². The number of aromatic nitrogens is 2. The smallest absolute Gasteiger partial charge is 0.0641 e. The fourth-order valence-corrected chi connectivity index (χ4v) is 3.31. The van der Waals surface area contributed by atoms with Crippen LogP contribution in [0.4, 0.5) is 0 Å². The largest absolute Gasteiger partial charge is 0.311 e. The first-order valence-corrected chi connectivity index (χ1v) is 7.33. The molecule has 108 valence electrons. The normalized spacial score (nSPS) is 18.4. The molecule has 4 heteroatoms. The van der Waals surface area contributed by atoms with E-state index in [2.05, 4.69) is 43.3 Å². The van der Waals surface area contributed by atoms with Crippen molar-refractivity contribution in [3.8, 4) is 0 Å². The summed E-state index contributed by atoms with van der Waals surface area (Å²) in [6.07, 6.45) is 5.37. The maximum Gasteiger partial charge on any atom is 0.0641 e. The van der Waals surface area contributed by atoms with Gasteiger partial charge < -0.3 is 10.2 Å². The van der Waals surface area contributed by atoms with Crippen molar-refractivity contribution in [3.63, 3.8) is 0 Å². The van der Waals surface area contributed by atoms with Gasteiger partial charge in [0.05, 0.1) is 5.69 Å². The third kappa shape index (κ3) is 2.84. The van der Waals surface area contributed by atoms with Gasteiger partial charge in [0.1, 0.15) is 0 Å². The first kappa shape index (κ1) is 14.5. The highest BCUT2D eigenvalue weighted by molar-refractivity contribution is 5.24. The fraction of sp³-hybridized carbons (Fsp3) is 0.800. The predicted molar refractivity (Wildman–Crippen MR) is 79.3 cm³/mol. The maximum absolute atomic E-state index is 4.48. The molecule has 0 amide bonds. The van der Waals surface area contributed by atoms with Crippen molar-refractivity contribution in [1.29, 1.82) is 0 Å². The van der Waals surface area contributed by atoms with E-state index < -0.39 is 0 Å². The summed E-state index contributed by atoms with van der Waals surface area (Å²) in [7, 11) is 6.45. The fourth-order valence-electron chi connectivity index (χ4n) is 3.31. The van der Waals surface area contributed by atoms with Gasteiger partial charge in [-0.3, -0.25) is 4.68 Å². The van der Waals surface area contributed by atoms with Gasteiger partial charge in [0.2, 0.25) is 0 Å². The zero-order chi connectivity index (χ0) is 14.0. The van der Waals surface area contributed by atoms with Crippen molar-refractivity contribution in [2.24, 2.45) is 7.05 Å². The predicted octanol–water partition coefficient (Wildman–Crippen LogP) is 2.00. The molecule has 2 rings (SSSR count). The molecule has 0 aromatic carbocycles. The van der Waals surface area contributed by atoms with Gasteiger partial charge >= 0.3 is 0 Å². The molecule has 1 fully saturated rings. The molecule has 1 saturated carbocycles. The molecular weight excluding hydrogens is 236 g/mol. The minimum Gasteiger partial charge on any atom is -0.311 e. The molecule has 0 radical (unpaired) electrons. The third-order valence-corrected chi connectivity index (χ3v) is 4.90. The minimum atomic E-state index is 0.365. The van der Waals surface area contributed by atoms with Crippen LogP contribution in [0.3, 0.4) is 0 Å². The molecule has 0 spiro atoms. The molecule has 4 nitrogen and oxygen atoms in total. The van der Waals surface area contributed by atoms with Gasteiger partial charge in [0.15, 0.2) is 0 Å². The van der Waals surface area contributed by atoms with E-state index in [1.165, 1.54) is 36.9 Å². The van der Waals surface area contributed by atoms with Crippen LogP contribution in [0.25, 0.3) is 0 Å². The van der Waals surface area contributed by atoms with Crippen LogP contribution in [0.15, 0.2) is 0 Å². The van der Waals surface area contributed by atoms with E-state index in [4.69, 9.17) is 0 Å². The summed E-state index contributed by atoms with van der Waals surface area (Å²) in [5.41, 5.74) is 4.15. The van der Waals surface area contributed by atoms with Crippen molar-refractivity contribution < 1.29 is 0 Å². The molecule has 1 aromatic heterocycles. The molecule has 0 unspecified atom stereocenters. The Labute approximate surface area is 117 Å². The third-order valence-electron chi connectivity index (χ3n) is 4.90. The average Bonchev–Trinajstić information content (AvgIpc) is 2.91. The number of likely N-dealkylation sites (N-methyl/N-ethyl adjacent to an activating group) is 1. The summed E-state index contributed by atoms with van der Waals surface area (Å²) < 4.78 is 1.98. The Bertz CT molecular complexity index is 428. The highest BCUT2D eigenvalue weighted by Crippen LogP contribution is 2.33. The van der Waals surface area contributed by atoms with E-state index in [0.29, 0.717) is 5.54 Å². The topological polar surface area (TPSA) is 33.1 Å². The van der Waals surface area contributed by atoms with Crippen LogP contribution in [0.2, 0.25) is 0 Å². The van der Waals surface area contributed by atoms with E-state index >= 15 is 0 Å². The van der Waals surface area contributed by atoms with Gasteiger partial charge in [0, 0.05) is 36.9 Å². The first-order chi connectivity index (χ1) is 8.96. The molecule has 0 bridgehead atoms. The van der Waals surface area contributed by atoms with E-state index in [-0.39, 0.29) is 0 Å². The zero-order valence-corrected chi connectivity index (χ0v) is 13.1. The molecule has 1 aliphatic rings. The molecule has 1 aliphatic carbocycles. The van der Waals surface area contributed by atoms with E-state index in [0.717, 1.165) is 18.8 Å². The van der Waals surface area contributed by atoms with Crippen LogP contribution in [0.5, 0.6) is 0 Å². The van der Waals surface area contributed by atoms with Crippen molar-refractivity contribution >= 4 is 0 Å². The average molecular weight is 264 g/mol. The van der Waals surface area contributed by atoms with Crippen molar-refractivity contribution in [3.05, 3.63) is 17.0 Å². The second-order valence-electron chi connectivity index (χ2n) is 6.20. The van der Waals surface area contributed by atoms with Gasteiger partial charge in [-0.15, -0.1) is 0 Å². The van der Waals surface area contributed by atoms with Gasteiger partial charge in [-0.25, -0.2) is 0 Å². The number of nitrogens with zero attached hydrogens (tertiary/aromatic N) is 3. The quantitative estimate of drug-likeness (QED) is 0.883. The highest BCUT2D eigenvalue weighted by Gasteiger charge is 2.35. The lowest BCUT2D eigenvalue weighted by molar-refractivity contribution is 0.153. The Morgan fingerprint density at radius 3 is 2.37 bits per heavy atom. The van der Waals surface area contributed by atoms with Gasteiger partial charge in [0.25, 0.3) is 0 Å². The number of hydrogen-bond acceptors (Lipinski definition) is 3. The summed E-state index contributed by atoms with van der Waals surface area (Å²) >= 11 is 0. The summed E-state index contributed by atoms with van der Waals surface area (Å²) in [6.45, 7) is 6.25. The van der Waals surface area contributed by atoms with Crippen LogP contribution < -0.4 is 5.32 Å². The Balaban J connectivity index is 1.96. The van der Waals surface area contributed by atoms with Gasteiger partial charge in [-0.2, -0.15) is 5.10 Å². The van der Waals surface area contributed by atoms with E-state index in [9.17, 15) is 0 Å². The number of rotatable bonds is 5. The summed E-state index contributed by atoms with van der Waals surface area (Å²) in [6, 6.07) is 0. The molecule has 0 saturated heterocycles. The SMILES string of the molecule is Cc1nn(C)c(C)c1CNCC1(N(C)C)CCCC1. The first-order valence-electron chi connectivity index (χ1n) is 7.33. The minimum absolute atomic E-state index is 0.365. The molecule has 0 aliphatic heterocycles. The Hall–Kier alpha value is -0.870. The lowest BCUT2D eigenvalue weighted by Gasteiger charge is -2.36. The zero-order valence-electron chi connectivity index (χ0n) is 13.1. The van der Waals surface area contributed by atoms with E-state index in [1.54, 1.807) is 0 Å². The number of aryl methyl sites for hydroxylation is 2. The molecule has 1 aromatic rings. The lowest BCUT2D eigenvalue weighted by Crippen LogP contribution is -2.49. The lowest BCUT2D eigenvalue weighted by atomic mass is 9.96. The Kier molecular flexibility index (Phi) is 4.31. The molecule has 19 heavy (non-hydrogen) atoms. The Morgan fingerprint density at radius 1 is 1.26 bits per heavy atom. The number of nitrogens with one attached hydrogen (secondary N) is 1. The molecular formula is C15H28N4. The summed E-state index contributed by atoms with van der Waals surface area (Å²) in [4.78, 5) is 2.41. The van der Waals surface area contributed by atoms with Gasteiger partial charge in [-0.1, -0.05) is 12.8 Å². The van der Waals surface area contributed by atoms with Gasteiger partial charge in [-0.05, 0) is 40.8 Å². The van der Waals surface area contributed by atoms with Crippen LogP contribution in [0.1, 0.15) is 42.6 Å². The van der Waals surface area contributed by atoms with E-state index in [1.807, 2.05) is 11.7 Å². The van der Waals surface area contributed by atoms with Crippen LogP contribution in [-0.2, 0) is 13.6 Å². The second kappa shape index (κ2) is 5.63. The molecule has 0 atom stereocenters. The van der Waals surface area contributed by atoms with Crippen molar-refractivity contribution in [2.45, 2.75) is 51.6 Å². The maximum atomic E-state index is 4.48. The second-order valence-corrected chi connectivity index (χ2v) is 6.20.